The fourth-order valence-electron chi connectivity index (χ4n) is 3.23. The van der Waals surface area contributed by atoms with Crippen LogP contribution in [0.1, 0.15) is 22.3 Å². The van der Waals surface area contributed by atoms with E-state index in [4.69, 9.17) is 9.47 Å². The highest BCUT2D eigenvalue weighted by molar-refractivity contribution is 5.77. The van der Waals surface area contributed by atoms with Gasteiger partial charge in [-0.2, -0.15) is 0 Å². The maximum Gasteiger partial charge on any atom is 0.258 e. The summed E-state index contributed by atoms with van der Waals surface area (Å²) in [6.07, 6.45) is 0. The summed E-state index contributed by atoms with van der Waals surface area (Å²) in [5, 5.41) is 2.97. The van der Waals surface area contributed by atoms with Gasteiger partial charge in [-0.15, -0.1) is 0 Å². The number of benzene rings is 2. The molecule has 5 nitrogen and oxygen atoms in total. The standard InChI is InChI=1S/C22H28N2O3/c1-17-7-8-21(18(2)13-17)27-16-22(25)23-14-19-5-3-4-6-20(19)15-24-9-11-26-12-10-24/h3-8,13H,9-12,14-16H2,1-2H3,(H,23,25). The molecule has 0 saturated carbocycles. The minimum Gasteiger partial charge on any atom is -0.484 e. The molecule has 2 aromatic rings. The van der Waals surface area contributed by atoms with E-state index in [2.05, 4.69) is 28.4 Å². The summed E-state index contributed by atoms with van der Waals surface area (Å²) < 4.78 is 11.1. The molecule has 5 heteroatoms. The van der Waals surface area contributed by atoms with E-state index in [0.717, 1.165) is 49.7 Å². The molecule has 1 heterocycles. The van der Waals surface area contributed by atoms with Crippen molar-refractivity contribution in [1.82, 2.24) is 10.2 Å². The van der Waals surface area contributed by atoms with Crippen LogP contribution < -0.4 is 10.1 Å². The largest absolute Gasteiger partial charge is 0.484 e. The average Bonchev–Trinajstić information content (AvgIpc) is 2.67. The molecule has 0 atom stereocenters. The lowest BCUT2D eigenvalue weighted by Gasteiger charge is -2.27. The van der Waals surface area contributed by atoms with Crippen LogP contribution in [0.15, 0.2) is 42.5 Å². The quantitative estimate of drug-likeness (QED) is 0.817. The Hall–Kier alpha value is -2.37. The van der Waals surface area contributed by atoms with Crippen LogP contribution in [0.25, 0.3) is 0 Å². The average molecular weight is 368 g/mol. The normalized spacial score (nSPS) is 14.7. The minimum absolute atomic E-state index is 0.0233. The molecule has 0 unspecified atom stereocenters. The van der Waals surface area contributed by atoms with Gasteiger partial charge in [-0.25, -0.2) is 0 Å². The monoisotopic (exact) mass is 368 g/mol. The van der Waals surface area contributed by atoms with Crippen molar-refractivity contribution in [2.45, 2.75) is 26.9 Å². The summed E-state index contributed by atoms with van der Waals surface area (Å²) in [5.41, 5.74) is 4.61. The Morgan fingerprint density at radius 2 is 1.85 bits per heavy atom. The fraction of sp³-hybridized carbons (Fsp3) is 0.409. The van der Waals surface area contributed by atoms with E-state index < -0.39 is 0 Å². The van der Waals surface area contributed by atoms with E-state index >= 15 is 0 Å². The van der Waals surface area contributed by atoms with Crippen LogP contribution >= 0.6 is 0 Å². The van der Waals surface area contributed by atoms with Gasteiger partial charge in [0.2, 0.25) is 0 Å². The lowest BCUT2D eigenvalue weighted by molar-refractivity contribution is -0.123. The van der Waals surface area contributed by atoms with Gasteiger partial charge in [0.25, 0.3) is 5.91 Å². The highest BCUT2D eigenvalue weighted by Gasteiger charge is 2.13. The molecule has 2 aromatic carbocycles. The first kappa shape index (κ1) is 19.4. The Bertz CT molecular complexity index is 770. The van der Waals surface area contributed by atoms with E-state index in [0.29, 0.717) is 6.54 Å². The summed E-state index contributed by atoms with van der Waals surface area (Å²) in [7, 11) is 0. The van der Waals surface area contributed by atoms with Crippen molar-refractivity contribution >= 4 is 5.91 Å². The Morgan fingerprint density at radius 3 is 2.59 bits per heavy atom. The van der Waals surface area contributed by atoms with Gasteiger partial charge in [0.05, 0.1) is 13.2 Å². The zero-order chi connectivity index (χ0) is 19.1. The second-order valence-corrected chi connectivity index (χ2v) is 6.99. The first-order valence-electron chi connectivity index (χ1n) is 9.45. The van der Waals surface area contributed by atoms with Gasteiger partial charge < -0.3 is 14.8 Å². The number of amides is 1. The third-order valence-corrected chi connectivity index (χ3v) is 4.78. The lowest BCUT2D eigenvalue weighted by Crippen LogP contribution is -2.36. The van der Waals surface area contributed by atoms with Crippen molar-refractivity contribution in [3.8, 4) is 5.75 Å². The van der Waals surface area contributed by atoms with Crippen LogP contribution in [0.3, 0.4) is 0 Å². The topological polar surface area (TPSA) is 50.8 Å². The van der Waals surface area contributed by atoms with Crippen LogP contribution in [-0.2, 0) is 22.6 Å². The van der Waals surface area contributed by atoms with Crippen LogP contribution in [0, 0.1) is 13.8 Å². The molecular formula is C22H28N2O3. The Labute approximate surface area is 161 Å². The molecule has 1 saturated heterocycles. The number of morpholine rings is 1. The van der Waals surface area contributed by atoms with Gasteiger partial charge in [0.1, 0.15) is 5.75 Å². The maximum absolute atomic E-state index is 12.2. The van der Waals surface area contributed by atoms with E-state index in [-0.39, 0.29) is 12.5 Å². The summed E-state index contributed by atoms with van der Waals surface area (Å²) >= 11 is 0. The fourth-order valence-corrected chi connectivity index (χ4v) is 3.23. The number of aryl methyl sites for hydroxylation is 2. The number of hydrogen-bond acceptors (Lipinski definition) is 4. The van der Waals surface area contributed by atoms with Crippen molar-refractivity contribution in [3.63, 3.8) is 0 Å². The predicted octanol–water partition coefficient (Wildman–Crippen LogP) is 2.83. The second kappa shape index (κ2) is 9.53. The van der Waals surface area contributed by atoms with E-state index in [1.807, 2.05) is 38.1 Å². The van der Waals surface area contributed by atoms with Crippen LogP contribution in [0.5, 0.6) is 5.75 Å². The molecule has 0 bridgehead atoms. The van der Waals surface area contributed by atoms with Crippen LogP contribution in [-0.4, -0.2) is 43.7 Å². The SMILES string of the molecule is Cc1ccc(OCC(=O)NCc2ccccc2CN2CCOCC2)c(C)c1. The van der Waals surface area contributed by atoms with Gasteiger partial charge in [0.15, 0.2) is 6.61 Å². The molecule has 0 radical (unpaired) electrons. The van der Waals surface area contributed by atoms with Crippen molar-refractivity contribution in [2.24, 2.45) is 0 Å². The van der Waals surface area contributed by atoms with E-state index in [1.165, 1.54) is 11.1 Å². The molecule has 27 heavy (non-hydrogen) atoms. The predicted molar refractivity (Wildman–Crippen MR) is 106 cm³/mol. The Kier molecular flexibility index (Phi) is 6.85. The van der Waals surface area contributed by atoms with Crippen molar-refractivity contribution in [2.75, 3.05) is 32.9 Å². The number of carbonyl (C=O) groups is 1. The number of ether oxygens (including phenoxy) is 2. The molecule has 0 aliphatic carbocycles. The summed E-state index contributed by atoms with van der Waals surface area (Å²) in [4.78, 5) is 14.6. The van der Waals surface area contributed by atoms with Gasteiger partial charge >= 0.3 is 0 Å². The first-order chi connectivity index (χ1) is 13.1. The number of rotatable bonds is 7. The second-order valence-electron chi connectivity index (χ2n) is 6.99. The smallest absolute Gasteiger partial charge is 0.258 e. The van der Waals surface area contributed by atoms with Crippen LogP contribution in [0.4, 0.5) is 0 Å². The molecule has 144 valence electrons. The summed E-state index contributed by atoms with van der Waals surface area (Å²) in [6, 6.07) is 14.2. The molecule has 0 aromatic heterocycles. The van der Waals surface area contributed by atoms with Crippen molar-refractivity contribution < 1.29 is 14.3 Å². The van der Waals surface area contributed by atoms with Gasteiger partial charge in [-0.3, -0.25) is 9.69 Å². The Balaban J connectivity index is 1.51. The first-order valence-corrected chi connectivity index (χ1v) is 9.45. The van der Waals surface area contributed by atoms with Crippen molar-refractivity contribution in [3.05, 3.63) is 64.7 Å². The van der Waals surface area contributed by atoms with Crippen molar-refractivity contribution in [1.29, 1.82) is 0 Å². The van der Waals surface area contributed by atoms with E-state index in [1.54, 1.807) is 0 Å². The van der Waals surface area contributed by atoms with Crippen LogP contribution in [0.2, 0.25) is 0 Å². The molecule has 1 N–H and O–H groups in total. The molecule has 3 rings (SSSR count). The van der Waals surface area contributed by atoms with E-state index in [9.17, 15) is 4.79 Å². The Morgan fingerprint density at radius 1 is 1.11 bits per heavy atom. The molecule has 0 spiro atoms. The third-order valence-electron chi connectivity index (χ3n) is 4.78. The molecule has 1 fully saturated rings. The molecule has 1 aliphatic heterocycles. The molecule has 1 amide bonds. The number of carbonyl (C=O) groups excluding carboxylic acids is 1. The highest BCUT2D eigenvalue weighted by atomic mass is 16.5. The molecular weight excluding hydrogens is 340 g/mol. The maximum atomic E-state index is 12.2. The third kappa shape index (κ3) is 5.81. The lowest BCUT2D eigenvalue weighted by atomic mass is 10.1. The number of nitrogens with zero attached hydrogens (tertiary/aromatic N) is 1. The number of hydrogen-bond donors (Lipinski definition) is 1. The van der Waals surface area contributed by atoms with Gasteiger partial charge in [-0.1, -0.05) is 42.0 Å². The highest BCUT2D eigenvalue weighted by Crippen LogP contribution is 2.18. The zero-order valence-electron chi connectivity index (χ0n) is 16.2. The minimum atomic E-state index is -0.115. The summed E-state index contributed by atoms with van der Waals surface area (Å²) in [6.45, 7) is 8.91. The summed E-state index contributed by atoms with van der Waals surface area (Å²) in [5.74, 6) is 0.639. The molecule has 1 aliphatic rings. The van der Waals surface area contributed by atoms with Gasteiger partial charge in [0, 0.05) is 26.2 Å². The number of nitrogens with one attached hydrogen (secondary N) is 1. The zero-order valence-corrected chi connectivity index (χ0v) is 16.2. The van der Waals surface area contributed by atoms with Gasteiger partial charge in [-0.05, 0) is 36.6 Å².